The van der Waals surface area contributed by atoms with Crippen LogP contribution < -0.4 is 10.1 Å². The maximum atomic E-state index is 13.8. The van der Waals surface area contributed by atoms with E-state index in [2.05, 4.69) is 21.2 Å². The number of benzene rings is 2. The highest BCUT2D eigenvalue weighted by Crippen LogP contribution is 2.26. The summed E-state index contributed by atoms with van der Waals surface area (Å²) in [7, 11) is 1.43. The molecule has 0 heterocycles. The molecule has 6 heteroatoms. The van der Waals surface area contributed by atoms with Gasteiger partial charge in [-0.25, -0.2) is 4.39 Å². The fourth-order valence-electron chi connectivity index (χ4n) is 1.58. The van der Waals surface area contributed by atoms with Gasteiger partial charge in [0.25, 0.3) is 5.91 Å². The first-order chi connectivity index (χ1) is 9.51. The zero-order valence-corrected chi connectivity index (χ0v) is 12.8. The van der Waals surface area contributed by atoms with Crippen molar-refractivity contribution >= 4 is 39.1 Å². The van der Waals surface area contributed by atoms with Gasteiger partial charge in [-0.05, 0) is 46.3 Å². The highest BCUT2D eigenvalue weighted by atomic mass is 79.9. The first-order valence-corrected chi connectivity index (χ1v) is 6.78. The summed E-state index contributed by atoms with van der Waals surface area (Å²) in [5.74, 6) is -0.831. The van der Waals surface area contributed by atoms with Crippen molar-refractivity contribution in [3.63, 3.8) is 0 Å². The lowest BCUT2D eigenvalue weighted by Gasteiger charge is -2.08. The molecule has 0 aromatic heterocycles. The number of amides is 1. The van der Waals surface area contributed by atoms with E-state index in [9.17, 15) is 9.18 Å². The first-order valence-electron chi connectivity index (χ1n) is 5.61. The third-order valence-electron chi connectivity index (χ3n) is 2.60. The number of halogens is 3. The second-order valence-electron chi connectivity index (χ2n) is 3.93. The predicted molar refractivity (Wildman–Crippen MR) is 80.1 cm³/mol. The lowest BCUT2D eigenvalue weighted by molar-refractivity contribution is 0.102. The maximum absolute atomic E-state index is 13.8. The normalized spacial score (nSPS) is 10.2. The summed E-state index contributed by atoms with van der Waals surface area (Å²) in [6, 6.07) is 8.95. The Morgan fingerprint density at radius 1 is 1.30 bits per heavy atom. The maximum Gasteiger partial charge on any atom is 0.258 e. The Morgan fingerprint density at radius 2 is 2.05 bits per heavy atom. The summed E-state index contributed by atoms with van der Waals surface area (Å²) in [5.41, 5.74) is 0.457. The SMILES string of the molecule is COc1ccc(C(=O)Nc2ccc(Cl)c(Br)c2)c(F)c1. The Hall–Kier alpha value is -1.59. The Balaban J connectivity index is 2.21. The number of carbonyl (C=O) groups is 1. The standard InChI is InChI=1S/C14H10BrClFNO2/c1-20-9-3-4-10(13(17)7-9)14(19)18-8-2-5-12(16)11(15)6-8/h2-7H,1H3,(H,18,19). The average Bonchev–Trinajstić information content (AvgIpc) is 2.42. The minimum absolute atomic E-state index is 0.0585. The molecule has 104 valence electrons. The molecule has 2 aromatic carbocycles. The molecule has 20 heavy (non-hydrogen) atoms. The molecule has 0 fully saturated rings. The minimum atomic E-state index is -0.644. The topological polar surface area (TPSA) is 38.3 Å². The van der Waals surface area contributed by atoms with E-state index >= 15 is 0 Å². The van der Waals surface area contributed by atoms with Gasteiger partial charge in [0.2, 0.25) is 0 Å². The van der Waals surface area contributed by atoms with Crippen LogP contribution in [-0.2, 0) is 0 Å². The van der Waals surface area contributed by atoms with Crippen molar-refractivity contribution in [3.05, 3.63) is 57.3 Å². The second kappa shape index (κ2) is 6.24. The van der Waals surface area contributed by atoms with Gasteiger partial charge in [0.15, 0.2) is 0 Å². The zero-order chi connectivity index (χ0) is 14.7. The molecule has 1 amide bonds. The lowest BCUT2D eigenvalue weighted by atomic mass is 10.2. The molecular weight excluding hydrogens is 349 g/mol. The van der Waals surface area contributed by atoms with Crippen molar-refractivity contribution in [1.29, 1.82) is 0 Å². The van der Waals surface area contributed by atoms with Gasteiger partial charge < -0.3 is 10.1 Å². The molecule has 0 aliphatic heterocycles. The second-order valence-corrected chi connectivity index (χ2v) is 5.19. The van der Waals surface area contributed by atoms with Gasteiger partial charge in [0.1, 0.15) is 11.6 Å². The highest BCUT2D eigenvalue weighted by molar-refractivity contribution is 9.10. The molecule has 0 bridgehead atoms. The molecule has 0 spiro atoms. The van der Waals surface area contributed by atoms with Gasteiger partial charge in [-0.15, -0.1) is 0 Å². The molecule has 2 aromatic rings. The van der Waals surface area contributed by atoms with E-state index in [0.29, 0.717) is 20.9 Å². The molecule has 1 N–H and O–H groups in total. The van der Waals surface area contributed by atoms with Gasteiger partial charge in [-0.2, -0.15) is 0 Å². The lowest BCUT2D eigenvalue weighted by Crippen LogP contribution is -2.13. The van der Waals surface area contributed by atoms with E-state index < -0.39 is 11.7 Å². The van der Waals surface area contributed by atoms with Crippen molar-refractivity contribution < 1.29 is 13.9 Å². The molecule has 0 atom stereocenters. The molecule has 2 rings (SSSR count). The number of hydrogen-bond donors (Lipinski definition) is 1. The number of hydrogen-bond acceptors (Lipinski definition) is 2. The van der Waals surface area contributed by atoms with E-state index in [4.69, 9.17) is 16.3 Å². The minimum Gasteiger partial charge on any atom is -0.497 e. The van der Waals surface area contributed by atoms with Crippen LogP contribution in [0.15, 0.2) is 40.9 Å². The summed E-state index contributed by atoms with van der Waals surface area (Å²) in [4.78, 5) is 12.0. The van der Waals surface area contributed by atoms with Crippen molar-refractivity contribution in [2.45, 2.75) is 0 Å². The van der Waals surface area contributed by atoms with Crippen LogP contribution in [0.25, 0.3) is 0 Å². The Morgan fingerprint density at radius 3 is 2.65 bits per heavy atom. The monoisotopic (exact) mass is 357 g/mol. The zero-order valence-electron chi connectivity index (χ0n) is 10.4. The Labute approximate surface area is 128 Å². The summed E-state index contributed by atoms with van der Waals surface area (Å²) in [5, 5.41) is 3.12. The summed E-state index contributed by atoms with van der Waals surface area (Å²) < 4.78 is 19.3. The van der Waals surface area contributed by atoms with Gasteiger partial charge >= 0.3 is 0 Å². The van der Waals surface area contributed by atoms with Crippen LogP contribution in [0.2, 0.25) is 5.02 Å². The predicted octanol–water partition coefficient (Wildman–Crippen LogP) is 4.50. The number of methoxy groups -OCH3 is 1. The van der Waals surface area contributed by atoms with Crippen molar-refractivity contribution in [2.24, 2.45) is 0 Å². The van der Waals surface area contributed by atoms with Crippen LogP contribution >= 0.6 is 27.5 Å². The van der Waals surface area contributed by atoms with Crippen LogP contribution in [-0.4, -0.2) is 13.0 Å². The number of carbonyl (C=O) groups excluding carboxylic acids is 1. The molecule has 0 unspecified atom stereocenters. The summed E-state index contributed by atoms with van der Waals surface area (Å²) >= 11 is 9.11. The summed E-state index contributed by atoms with van der Waals surface area (Å²) in [6.07, 6.45) is 0. The van der Waals surface area contributed by atoms with Crippen molar-refractivity contribution in [3.8, 4) is 5.75 Å². The highest BCUT2D eigenvalue weighted by Gasteiger charge is 2.13. The molecule has 0 saturated carbocycles. The third-order valence-corrected chi connectivity index (χ3v) is 3.81. The first kappa shape index (κ1) is 14.8. The van der Waals surface area contributed by atoms with E-state index in [1.54, 1.807) is 18.2 Å². The number of nitrogens with one attached hydrogen (secondary N) is 1. The van der Waals surface area contributed by atoms with Crippen LogP contribution in [0.4, 0.5) is 10.1 Å². The fraction of sp³-hybridized carbons (Fsp3) is 0.0714. The molecule has 0 saturated heterocycles. The Bertz CT molecular complexity index is 664. The van der Waals surface area contributed by atoms with Crippen molar-refractivity contribution in [2.75, 3.05) is 12.4 Å². The molecule has 0 aliphatic carbocycles. The van der Waals surface area contributed by atoms with E-state index in [1.807, 2.05) is 0 Å². The van der Waals surface area contributed by atoms with Gasteiger partial charge in [-0.3, -0.25) is 4.79 Å². The largest absolute Gasteiger partial charge is 0.497 e. The van der Waals surface area contributed by atoms with Crippen LogP contribution in [0.3, 0.4) is 0 Å². The van der Waals surface area contributed by atoms with E-state index in [-0.39, 0.29) is 5.56 Å². The number of ether oxygens (including phenoxy) is 1. The average molecular weight is 359 g/mol. The van der Waals surface area contributed by atoms with Crippen LogP contribution in [0.1, 0.15) is 10.4 Å². The summed E-state index contributed by atoms with van der Waals surface area (Å²) in [6.45, 7) is 0. The Kier molecular flexibility index (Phi) is 4.62. The van der Waals surface area contributed by atoms with Crippen LogP contribution in [0, 0.1) is 5.82 Å². The smallest absolute Gasteiger partial charge is 0.258 e. The van der Waals surface area contributed by atoms with Gasteiger partial charge in [0.05, 0.1) is 17.7 Å². The number of anilines is 1. The van der Waals surface area contributed by atoms with Gasteiger partial charge in [0, 0.05) is 16.2 Å². The fourth-order valence-corrected chi connectivity index (χ4v) is 2.08. The van der Waals surface area contributed by atoms with E-state index in [0.717, 1.165) is 6.07 Å². The van der Waals surface area contributed by atoms with E-state index in [1.165, 1.54) is 19.2 Å². The molecule has 0 aliphatic rings. The molecule has 3 nitrogen and oxygen atoms in total. The van der Waals surface area contributed by atoms with Crippen molar-refractivity contribution in [1.82, 2.24) is 0 Å². The molecular formula is C14H10BrClFNO2. The third kappa shape index (κ3) is 3.29. The number of rotatable bonds is 3. The quantitative estimate of drug-likeness (QED) is 0.877. The molecule has 0 radical (unpaired) electrons. The van der Waals surface area contributed by atoms with Gasteiger partial charge in [-0.1, -0.05) is 11.6 Å². The van der Waals surface area contributed by atoms with Crippen LogP contribution in [0.5, 0.6) is 5.75 Å².